The molecular formula is C10H6BrClN2O. The Bertz CT molecular complexity index is 477. The van der Waals surface area contributed by atoms with E-state index in [4.69, 9.17) is 22.6 Å². The number of benzene rings is 1. The fourth-order valence-electron chi connectivity index (χ4n) is 0.939. The van der Waals surface area contributed by atoms with E-state index in [1.807, 2.05) is 0 Å². The van der Waals surface area contributed by atoms with Crippen LogP contribution >= 0.6 is 27.5 Å². The van der Waals surface area contributed by atoms with Crippen molar-refractivity contribution in [2.75, 3.05) is 0 Å². The highest BCUT2D eigenvalue weighted by Gasteiger charge is 2.05. The van der Waals surface area contributed by atoms with Gasteiger partial charge >= 0.3 is 0 Å². The first kappa shape index (κ1) is 11.8. The van der Waals surface area contributed by atoms with Crippen molar-refractivity contribution in [2.24, 2.45) is 5.73 Å². The quantitative estimate of drug-likeness (QED) is 0.670. The average Bonchev–Trinajstić information content (AvgIpc) is 2.18. The highest BCUT2D eigenvalue weighted by molar-refractivity contribution is 9.10. The van der Waals surface area contributed by atoms with E-state index in [0.717, 1.165) is 4.47 Å². The minimum atomic E-state index is -0.770. The summed E-state index contributed by atoms with van der Waals surface area (Å²) in [5.41, 5.74) is 5.44. The van der Waals surface area contributed by atoms with Gasteiger partial charge in [-0.05, 0) is 29.8 Å². The maximum atomic E-state index is 10.8. The highest BCUT2D eigenvalue weighted by Crippen LogP contribution is 2.23. The van der Waals surface area contributed by atoms with Gasteiger partial charge in [0.05, 0.1) is 0 Å². The molecule has 0 aliphatic heterocycles. The lowest BCUT2D eigenvalue weighted by Crippen LogP contribution is -2.12. The predicted molar refractivity (Wildman–Crippen MR) is 61.9 cm³/mol. The Morgan fingerprint density at radius 1 is 1.60 bits per heavy atom. The Kier molecular flexibility index (Phi) is 3.89. The molecule has 0 saturated carbocycles. The molecule has 0 bridgehead atoms. The minimum Gasteiger partial charge on any atom is -0.365 e. The third kappa shape index (κ3) is 3.08. The van der Waals surface area contributed by atoms with Crippen LogP contribution in [0.5, 0.6) is 0 Å². The van der Waals surface area contributed by atoms with Crippen LogP contribution in [-0.2, 0) is 4.79 Å². The van der Waals surface area contributed by atoms with Gasteiger partial charge in [-0.2, -0.15) is 5.26 Å². The van der Waals surface area contributed by atoms with E-state index in [-0.39, 0.29) is 5.57 Å². The van der Waals surface area contributed by atoms with Crippen LogP contribution in [0.1, 0.15) is 5.56 Å². The van der Waals surface area contributed by atoms with Crippen LogP contribution in [0.25, 0.3) is 6.08 Å². The number of hydrogen-bond donors (Lipinski definition) is 1. The molecule has 0 fully saturated rings. The van der Waals surface area contributed by atoms with E-state index in [1.54, 1.807) is 24.3 Å². The van der Waals surface area contributed by atoms with Crippen molar-refractivity contribution < 1.29 is 4.79 Å². The summed E-state index contributed by atoms with van der Waals surface area (Å²) in [6.07, 6.45) is 1.36. The molecule has 15 heavy (non-hydrogen) atoms. The van der Waals surface area contributed by atoms with Gasteiger partial charge in [0.2, 0.25) is 0 Å². The van der Waals surface area contributed by atoms with E-state index >= 15 is 0 Å². The molecule has 1 rings (SSSR count). The summed E-state index contributed by atoms with van der Waals surface area (Å²) in [6.45, 7) is 0. The maximum Gasteiger partial charge on any atom is 0.259 e. The van der Waals surface area contributed by atoms with Crippen LogP contribution in [0.15, 0.2) is 28.2 Å². The number of hydrogen-bond acceptors (Lipinski definition) is 2. The molecule has 1 aromatic rings. The monoisotopic (exact) mass is 284 g/mol. The maximum absolute atomic E-state index is 10.8. The lowest BCUT2D eigenvalue weighted by molar-refractivity contribution is -0.114. The Hall–Kier alpha value is -1.31. The van der Waals surface area contributed by atoms with E-state index in [9.17, 15) is 4.79 Å². The second kappa shape index (κ2) is 4.96. The molecule has 0 aliphatic rings. The van der Waals surface area contributed by atoms with Crippen LogP contribution in [0, 0.1) is 11.3 Å². The molecule has 0 heterocycles. The fourth-order valence-corrected chi connectivity index (χ4v) is 1.49. The van der Waals surface area contributed by atoms with Crippen LogP contribution < -0.4 is 5.73 Å². The number of carbonyl (C=O) groups excluding carboxylic acids is 1. The number of halogens is 2. The van der Waals surface area contributed by atoms with Crippen molar-refractivity contribution in [3.8, 4) is 6.07 Å². The number of amides is 1. The van der Waals surface area contributed by atoms with E-state index in [2.05, 4.69) is 15.9 Å². The first-order chi connectivity index (χ1) is 7.04. The van der Waals surface area contributed by atoms with Gasteiger partial charge in [0.1, 0.15) is 11.6 Å². The molecule has 0 atom stereocenters. The molecule has 0 saturated heterocycles. The lowest BCUT2D eigenvalue weighted by Gasteiger charge is -1.99. The smallest absolute Gasteiger partial charge is 0.259 e. The number of rotatable bonds is 2. The van der Waals surface area contributed by atoms with Crippen molar-refractivity contribution in [1.29, 1.82) is 5.26 Å². The van der Waals surface area contributed by atoms with Gasteiger partial charge in [-0.25, -0.2) is 0 Å². The molecule has 1 amide bonds. The van der Waals surface area contributed by atoms with Crippen molar-refractivity contribution in [3.05, 3.63) is 38.8 Å². The van der Waals surface area contributed by atoms with Gasteiger partial charge in [0.25, 0.3) is 5.91 Å². The van der Waals surface area contributed by atoms with Crippen molar-refractivity contribution in [3.63, 3.8) is 0 Å². The van der Waals surface area contributed by atoms with Gasteiger partial charge < -0.3 is 5.73 Å². The van der Waals surface area contributed by atoms with Crippen molar-refractivity contribution >= 4 is 39.5 Å². The van der Waals surface area contributed by atoms with Crippen molar-refractivity contribution in [2.45, 2.75) is 0 Å². The Morgan fingerprint density at radius 2 is 2.27 bits per heavy atom. The number of nitrogens with two attached hydrogens (primary N) is 1. The zero-order valence-corrected chi connectivity index (χ0v) is 9.84. The molecule has 2 N–H and O–H groups in total. The van der Waals surface area contributed by atoms with E-state index in [0.29, 0.717) is 10.6 Å². The van der Waals surface area contributed by atoms with Gasteiger partial charge in [0, 0.05) is 9.50 Å². The molecule has 76 valence electrons. The number of nitriles is 1. The topological polar surface area (TPSA) is 66.9 Å². The third-order valence-corrected chi connectivity index (χ3v) is 2.48. The second-order valence-electron chi connectivity index (χ2n) is 2.70. The van der Waals surface area contributed by atoms with E-state index < -0.39 is 5.91 Å². The van der Waals surface area contributed by atoms with Crippen LogP contribution in [0.4, 0.5) is 0 Å². The standard InChI is InChI=1S/C10H6BrClN2O/c11-8-1-2-9(12)6(4-8)3-7(5-13)10(14)15/h1-4H,(H2,14,15)/b7-3+. The van der Waals surface area contributed by atoms with Crippen LogP contribution in [0.2, 0.25) is 5.02 Å². The Morgan fingerprint density at radius 3 is 2.80 bits per heavy atom. The van der Waals surface area contributed by atoms with Gasteiger partial charge in [-0.3, -0.25) is 4.79 Å². The molecule has 0 unspecified atom stereocenters. The van der Waals surface area contributed by atoms with Crippen molar-refractivity contribution in [1.82, 2.24) is 0 Å². The molecule has 5 heteroatoms. The van der Waals surface area contributed by atoms with Gasteiger partial charge in [-0.15, -0.1) is 0 Å². The molecule has 0 spiro atoms. The largest absolute Gasteiger partial charge is 0.365 e. The predicted octanol–water partition coefficient (Wildman–Crippen LogP) is 2.49. The normalized spacial score (nSPS) is 10.9. The highest BCUT2D eigenvalue weighted by atomic mass is 79.9. The first-order valence-electron chi connectivity index (χ1n) is 3.91. The Balaban J connectivity index is 3.23. The average molecular weight is 286 g/mol. The summed E-state index contributed by atoms with van der Waals surface area (Å²) < 4.78 is 0.805. The third-order valence-electron chi connectivity index (χ3n) is 1.64. The van der Waals surface area contributed by atoms with Gasteiger partial charge in [-0.1, -0.05) is 27.5 Å². The lowest BCUT2D eigenvalue weighted by atomic mass is 10.1. The SMILES string of the molecule is N#C/C(=C\c1cc(Br)ccc1Cl)C(N)=O. The fraction of sp³-hybridized carbons (Fsp3) is 0. The summed E-state index contributed by atoms with van der Waals surface area (Å²) in [5, 5.41) is 9.10. The second-order valence-corrected chi connectivity index (χ2v) is 4.02. The van der Waals surface area contributed by atoms with E-state index in [1.165, 1.54) is 6.08 Å². The van der Waals surface area contributed by atoms with Crippen LogP contribution in [0.3, 0.4) is 0 Å². The number of carbonyl (C=O) groups is 1. The summed E-state index contributed by atoms with van der Waals surface area (Å²) in [6, 6.07) is 6.83. The summed E-state index contributed by atoms with van der Waals surface area (Å²) in [7, 11) is 0. The summed E-state index contributed by atoms with van der Waals surface area (Å²) in [4.78, 5) is 10.8. The minimum absolute atomic E-state index is 0.130. The van der Waals surface area contributed by atoms with Gasteiger partial charge in [0.15, 0.2) is 0 Å². The Labute approximate surface area is 100 Å². The summed E-state index contributed by atoms with van der Waals surface area (Å²) in [5.74, 6) is -0.770. The molecule has 3 nitrogen and oxygen atoms in total. The number of nitrogens with zero attached hydrogens (tertiary/aromatic N) is 1. The molecule has 0 aromatic heterocycles. The zero-order chi connectivity index (χ0) is 11.4. The first-order valence-corrected chi connectivity index (χ1v) is 5.08. The summed E-state index contributed by atoms with van der Waals surface area (Å²) >= 11 is 9.13. The molecule has 1 aromatic carbocycles. The van der Waals surface area contributed by atoms with Crippen LogP contribution in [-0.4, -0.2) is 5.91 Å². The molecule has 0 aliphatic carbocycles. The zero-order valence-electron chi connectivity index (χ0n) is 7.50. The number of primary amides is 1. The molecule has 0 radical (unpaired) electrons. The molecular weight excluding hydrogens is 279 g/mol.